The van der Waals surface area contributed by atoms with E-state index in [1.54, 1.807) is 4.90 Å². The zero-order valence-corrected chi connectivity index (χ0v) is 14.7. The highest BCUT2D eigenvalue weighted by atomic mass is 16.2. The maximum absolute atomic E-state index is 12.6. The van der Waals surface area contributed by atoms with Crippen molar-refractivity contribution in [1.29, 1.82) is 0 Å². The van der Waals surface area contributed by atoms with E-state index in [1.807, 2.05) is 13.8 Å². The molecule has 1 saturated heterocycles. The second-order valence-corrected chi connectivity index (χ2v) is 7.05. The van der Waals surface area contributed by atoms with Crippen LogP contribution in [0, 0.1) is 5.92 Å². The third-order valence-corrected chi connectivity index (χ3v) is 4.48. The van der Waals surface area contributed by atoms with Gasteiger partial charge in [-0.05, 0) is 18.4 Å². The summed E-state index contributed by atoms with van der Waals surface area (Å²) in [6, 6.07) is 1.52. The Balaban J connectivity index is 2.13. The standard InChI is InChI=1S/C17H23N5O3/c1-10(2)8-22-14-13(16(24)20(3)17(22)25)6-11(7-19-14)15(23)21-5-4-12(18)9-21/h6-7,10,12H,4-5,8-9,18H2,1-3H3/t12-/m1/s1. The molecule has 3 heterocycles. The minimum absolute atomic E-state index is 0.0125. The number of amides is 1. The molecule has 8 nitrogen and oxygen atoms in total. The molecule has 1 aliphatic heterocycles. The molecule has 0 unspecified atom stereocenters. The normalized spacial score (nSPS) is 17.6. The molecule has 0 bridgehead atoms. The molecule has 0 aromatic carbocycles. The van der Waals surface area contributed by atoms with Crippen LogP contribution in [0.5, 0.6) is 0 Å². The second kappa shape index (κ2) is 6.44. The Bertz CT molecular complexity index is 944. The Hall–Kier alpha value is -2.48. The number of carbonyl (C=O) groups is 1. The Morgan fingerprint density at radius 1 is 1.40 bits per heavy atom. The van der Waals surface area contributed by atoms with Gasteiger partial charge in [0.2, 0.25) is 0 Å². The van der Waals surface area contributed by atoms with Crippen LogP contribution >= 0.6 is 0 Å². The second-order valence-electron chi connectivity index (χ2n) is 7.05. The topological polar surface area (TPSA) is 103 Å². The van der Waals surface area contributed by atoms with Crippen LogP contribution in [0.3, 0.4) is 0 Å². The molecule has 0 saturated carbocycles. The minimum Gasteiger partial charge on any atom is -0.337 e. The van der Waals surface area contributed by atoms with Crippen molar-refractivity contribution in [3.05, 3.63) is 38.7 Å². The van der Waals surface area contributed by atoms with Crippen molar-refractivity contribution in [2.45, 2.75) is 32.9 Å². The number of nitrogens with zero attached hydrogens (tertiary/aromatic N) is 4. The first kappa shape index (κ1) is 17.3. The molecule has 1 aliphatic rings. The Labute approximate surface area is 144 Å². The van der Waals surface area contributed by atoms with E-state index in [0.717, 1.165) is 11.0 Å². The summed E-state index contributed by atoms with van der Waals surface area (Å²) in [6.45, 7) is 5.52. The average Bonchev–Trinajstić information content (AvgIpc) is 3.02. The zero-order chi connectivity index (χ0) is 18.3. The van der Waals surface area contributed by atoms with Gasteiger partial charge in [0.15, 0.2) is 0 Å². The summed E-state index contributed by atoms with van der Waals surface area (Å²) in [4.78, 5) is 43.5. The average molecular weight is 345 g/mol. The van der Waals surface area contributed by atoms with Crippen LogP contribution in [0.2, 0.25) is 0 Å². The summed E-state index contributed by atoms with van der Waals surface area (Å²) in [6.07, 6.45) is 2.20. The lowest BCUT2D eigenvalue weighted by atomic mass is 10.2. The number of rotatable bonds is 3. The number of likely N-dealkylation sites (tertiary alicyclic amines) is 1. The van der Waals surface area contributed by atoms with Crippen molar-refractivity contribution in [3.8, 4) is 0 Å². The summed E-state index contributed by atoms with van der Waals surface area (Å²) in [5.41, 5.74) is 5.67. The van der Waals surface area contributed by atoms with Gasteiger partial charge in [0.05, 0.1) is 10.9 Å². The largest absolute Gasteiger partial charge is 0.337 e. The fourth-order valence-electron chi connectivity index (χ4n) is 3.17. The van der Waals surface area contributed by atoms with Crippen LogP contribution in [0.4, 0.5) is 0 Å². The third-order valence-electron chi connectivity index (χ3n) is 4.48. The van der Waals surface area contributed by atoms with Gasteiger partial charge in [0.25, 0.3) is 11.5 Å². The smallest absolute Gasteiger partial charge is 0.332 e. The summed E-state index contributed by atoms with van der Waals surface area (Å²) in [5.74, 6) is 0.0265. The summed E-state index contributed by atoms with van der Waals surface area (Å²) < 4.78 is 2.55. The maximum Gasteiger partial charge on any atom is 0.332 e. The number of nitrogens with two attached hydrogens (primary N) is 1. The fourth-order valence-corrected chi connectivity index (χ4v) is 3.17. The molecule has 2 aromatic rings. The van der Waals surface area contributed by atoms with Gasteiger partial charge < -0.3 is 10.6 Å². The maximum atomic E-state index is 12.6. The SMILES string of the molecule is CC(C)Cn1c(=O)n(C)c(=O)c2cc(C(=O)N3CC[C@@H](N)C3)cnc21. The van der Waals surface area contributed by atoms with Gasteiger partial charge in [-0.3, -0.25) is 18.7 Å². The molecular formula is C17H23N5O3. The summed E-state index contributed by atoms with van der Waals surface area (Å²) in [5, 5.41) is 0.275. The van der Waals surface area contributed by atoms with Crippen molar-refractivity contribution in [3.63, 3.8) is 0 Å². The molecule has 0 aliphatic carbocycles. The summed E-state index contributed by atoms with van der Waals surface area (Å²) >= 11 is 0. The predicted molar refractivity (Wildman–Crippen MR) is 94.6 cm³/mol. The lowest BCUT2D eigenvalue weighted by molar-refractivity contribution is 0.0790. The first-order valence-corrected chi connectivity index (χ1v) is 8.44. The highest BCUT2D eigenvalue weighted by molar-refractivity contribution is 5.96. The van der Waals surface area contributed by atoms with E-state index in [0.29, 0.717) is 30.8 Å². The first-order valence-electron chi connectivity index (χ1n) is 8.44. The fraction of sp³-hybridized carbons (Fsp3) is 0.529. The molecule has 8 heteroatoms. The zero-order valence-electron chi connectivity index (χ0n) is 14.7. The third kappa shape index (κ3) is 3.09. The molecule has 2 N–H and O–H groups in total. The monoisotopic (exact) mass is 345 g/mol. The highest BCUT2D eigenvalue weighted by Gasteiger charge is 2.25. The van der Waals surface area contributed by atoms with Gasteiger partial charge in [0.1, 0.15) is 5.65 Å². The van der Waals surface area contributed by atoms with E-state index in [9.17, 15) is 14.4 Å². The first-order chi connectivity index (χ1) is 11.8. The van der Waals surface area contributed by atoms with Crippen LogP contribution < -0.4 is 17.0 Å². The van der Waals surface area contributed by atoms with E-state index in [-0.39, 0.29) is 23.3 Å². The van der Waals surface area contributed by atoms with E-state index in [1.165, 1.54) is 23.9 Å². The predicted octanol–water partition coefficient (Wildman–Crippen LogP) is -0.0756. The van der Waals surface area contributed by atoms with Crippen molar-refractivity contribution in [2.24, 2.45) is 18.7 Å². The van der Waals surface area contributed by atoms with E-state index in [2.05, 4.69) is 4.98 Å². The number of pyridine rings is 1. The quantitative estimate of drug-likeness (QED) is 0.838. The Morgan fingerprint density at radius 2 is 2.12 bits per heavy atom. The van der Waals surface area contributed by atoms with Gasteiger partial charge in [-0.25, -0.2) is 9.78 Å². The molecule has 3 rings (SSSR count). The van der Waals surface area contributed by atoms with Crippen LogP contribution in [0.1, 0.15) is 30.6 Å². The Kier molecular flexibility index (Phi) is 4.47. The van der Waals surface area contributed by atoms with Gasteiger partial charge in [-0.1, -0.05) is 13.8 Å². The van der Waals surface area contributed by atoms with E-state index < -0.39 is 11.2 Å². The van der Waals surface area contributed by atoms with Gasteiger partial charge in [-0.15, -0.1) is 0 Å². The molecule has 0 spiro atoms. The summed E-state index contributed by atoms with van der Waals surface area (Å²) in [7, 11) is 1.44. The molecule has 1 atom stereocenters. The lowest BCUT2D eigenvalue weighted by Crippen LogP contribution is -2.39. The molecule has 1 amide bonds. The minimum atomic E-state index is -0.444. The molecule has 2 aromatic heterocycles. The van der Waals surface area contributed by atoms with Gasteiger partial charge in [0, 0.05) is 38.9 Å². The van der Waals surface area contributed by atoms with Crippen molar-refractivity contribution in [2.75, 3.05) is 13.1 Å². The van der Waals surface area contributed by atoms with Crippen molar-refractivity contribution < 1.29 is 4.79 Å². The molecular weight excluding hydrogens is 322 g/mol. The molecule has 1 fully saturated rings. The molecule has 25 heavy (non-hydrogen) atoms. The number of carbonyl (C=O) groups excluding carboxylic acids is 1. The molecule has 0 radical (unpaired) electrons. The van der Waals surface area contributed by atoms with Crippen molar-refractivity contribution in [1.82, 2.24) is 19.0 Å². The van der Waals surface area contributed by atoms with Crippen LogP contribution in [0.25, 0.3) is 11.0 Å². The van der Waals surface area contributed by atoms with Gasteiger partial charge in [-0.2, -0.15) is 0 Å². The van der Waals surface area contributed by atoms with Crippen LogP contribution in [0.15, 0.2) is 21.9 Å². The lowest BCUT2D eigenvalue weighted by Gasteiger charge is -2.17. The van der Waals surface area contributed by atoms with E-state index in [4.69, 9.17) is 5.73 Å². The number of hydrogen-bond acceptors (Lipinski definition) is 5. The Morgan fingerprint density at radius 3 is 2.72 bits per heavy atom. The van der Waals surface area contributed by atoms with E-state index >= 15 is 0 Å². The number of fused-ring (bicyclic) bond motifs is 1. The molecule has 134 valence electrons. The van der Waals surface area contributed by atoms with Gasteiger partial charge >= 0.3 is 5.69 Å². The van der Waals surface area contributed by atoms with Crippen LogP contribution in [-0.2, 0) is 13.6 Å². The number of aromatic nitrogens is 3. The van der Waals surface area contributed by atoms with Crippen molar-refractivity contribution >= 4 is 16.9 Å². The number of hydrogen-bond donors (Lipinski definition) is 1. The highest BCUT2D eigenvalue weighted by Crippen LogP contribution is 2.15. The van der Waals surface area contributed by atoms with Crippen LogP contribution in [-0.4, -0.2) is 44.1 Å².